The van der Waals surface area contributed by atoms with Crippen molar-refractivity contribution in [2.24, 2.45) is 0 Å². The molecule has 2 rings (SSSR count). The van der Waals surface area contributed by atoms with Crippen LogP contribution in [-0.4, -0.2) is 15.2 Å². The average Bonchev–Trinajstić information content (AvgIpc) is 2.23. The van der Waals surface area contributed by atoms with Crippen LogP contribution in [0, 0.1) is 5.82 Å². The summed E-state index contributed by atoms with van der Waals surface area (Å²) in [7, 11) is 0. The minimum Gasteiger partial charge on any atom is -0.506 e. The topological polar surface area (TPSA) is 53.4 Å². The highest BCUT2D eigenvalue weighted by Crippen LogP contribution is 2.28. The minimum absolute atomic E-state index is 0.0254. The van der Waals surface area contributed by atoms with Crippen molar-refractivity contribution in [3.05, 3.63) is 42.3 Å². The highest BCUT2D eigenvalue weighted by atomic mass is 19.1. The summed E-state index contributed by atoms with van der Waals surface area (Å²) in [5, 5.41) is 18.5. The number of nitrogens with zero attached hydrogens (tertiary/aromatic N) is 1. The molecule has 76 valence electrons. The van der Waals surface area contributed by atoms with Crippen molar-refractivity contribution in [1.82, 2.24) is 4.98 Å². The number of hydrogen-bond acceptors (Lipinski definition) is 3. The first-order chi connectivity index (χ1) is 7.18. The van der Waals surface area contributed by atoms with Crippen LogP contribution in [0.1, 0.15) is 0 Å². The molecule has 2 N–H and O–H groups in total. The first-order valence-electron chi connectivity index (χ1n) is 4.31. The van der Waals surface area contributed by atoms with E-state index < -0.39 is 11.6 Å². The Morgan fingerprint density at radius 2 is 1.87 bits per heavy atom. The molecule has 3 nitrogen and oxygen atoms in total. The van der Waals surface area contributed by atoms with E-state index in [4.69, 9.17) is 5.11 Å². The van der Waals surface area contributed by atoms with Crippen LogP contribution in [0.15, 0.2) is 36.5 Å². The second-order valence-corrected chi connectivity index (χ2v) is 3.04. The summed E-state index contributed by atoms with van der Waals surface area (Å²) in [6.45, 7) is 0. The molecule has 0 unspecified atom stereocenters. The second kappa shape index (κ2) is 3.57. The van der Waals surface area contributed by atoms with Gasteiger partial charge in [-0.05, 0) is 30.3 Å². The summed E-state index contributed by atoms with van der Waals surface area (Å²) in [6.07, 6.45) is 1.50. The minimum atomic E-state index is -0.738. The Balaban J connectivity index is 2.55. The first kappa shape index (κ1) is 9.45. The number of halogens is 1. The van der Waals surface area contributed by atoms with Gasteiger partial charge in [-0.25, -0.2) is 4.39 Å². The van der Waals surface area contributed by atoms with Crippen molar-refractivity contribution in [1.29, 1.82) is 0 Å². The monoisotopic (exact) mass is 205 g/mol. The number of benzene rings is 1. The molecule has 1 heterocycles. The van der Waals surface area contributed by atoms with Crippen LogP contribution in [0.5, 0.6) is 11.5 Å². The van der Waals surface area contributed by atoms with E-state index in [9.17, 15) is 9.50 Å². The molecular weight excluding hydrogens is 197 g/mol. The summed E-state index contributed by atoms with van der Waals surface area (Å²) < 4.78 is 13.0. The van der Waals surface area contributed by atoms with Crippen molar-refractivity contribution in [3.8, 4) is 22.8 Å². The predicted molar refractivity (Wildman–Crippen MR) is 53.0 cm³/mol. The molecule has 2 aromatic rings. The molecule has 0 amide bonds. The van der Waals surface area contributed by atoms with Crippen LogP contribution in [0.2, 0.25) is 0 Å². The molecule has 0 saturated heterocycles. The third-order valence-electron chi connectivity index (χ3n) is 2.01. The largest absolute Gasteiger partial charge is 0.506 e. The van der Waals surface area contributed by atoms with Gasteiger partial charge in [0.1, 0.15) is 11.4 Å². The van der Waals surface area contributed by atoms with Crippen molar-refractivity contribution < 1.29 is 14.6 Å². The number of pyridine rings is 1. The van der Waals surface area contributed by atoms with Gasteiger partial charge in [0.05, 0.1) is 0 Å². The zero-order chi connectivity index (χ0) is 10.8. The Morgan fingerprint density at radius 3 is 2.53 bits per heavy atom. The Kier molecular flexibility index (Phi) is 2.25. The standard InChI is InChI=1S/C11H8FNO2/c12-8-6-7(3-4-9(8)14)11-10(15)2-1-5-13-11/h1-6,14-15H. The van der Waals surface area contributed by atoms with Gasteiger partial charge in [-0.3, -0.25) is 4.98 Å². The number of aromatic nitrogens is 1. The van der Waals surface area contributed by atoms with Gasteiger partial charge in [0, 0.05) is 11.8 Å². The number of aromatic hydroxyl groups is 2. The van der Waals surface area contributed by atoms with E-state index >= 15 is 0 Å². The van der Waals surface area contributed by atoms with E-state index in [2.05, 4.69) is 4.98 Å². The summed E-state index contributed by atoms with van der Waals surface area (Å²) in [5.41, 5.74) is 0.708. The van der Waals surface area contributed by atoms with E-state index in [0.717, 1.165) is 6.07 Å². The Bertz CT molecular complexity index is 500. The molecular formula is C11H8FNO2. The molecule has 0 fully saturated rings. The molecule has 1 aromatic heterocycles. The van der Waals surface area contributed by atoms with Gasteiger partial charge in [0.2, 0.25) is 0 Å². The average molecular weight is 205 g/mol. The molecule has 4 heteroatoms. The van der Waals surface area contributed by atoms with Crippen LogP contribution in [-0.2, 0) is 0 Å². The van der Waals surface area contributed by atoms with Gasteiger partial charge >= 0.3 is 0 Å². The number of phenolic OH excluding ortho intramolecular Hbond substituents is 1. The number of rotatable bonds is 1. The highest BCUT2D eigenvalue weighted by Gasteiger charge is 2.07. The van der Waals surface area contributed by atoms with Crippen molar-refractivity contribution >= 4 is 0 Å². The molecule has 0 spiro atoms. The maximum absolute atomic E-state index is 13.0. The first-order valence-corrected chi connectivity index (χ1v) is 4.31. The van der Waals surface area contributed by atoms with E-state index in [1.54, 1.807) is 6.07 Å². The zero-order valence-corrected chi connectivity index (χ0v) is 7.68. The fraction of sp³-hybridized carbons (Fsp3) is 0. The Labute approximate surface area is 85.5 Å². The third kappa shape index (κ3) is 1.74. The summed E-state index contributed by atoms with van der Waals surface area (Å²) in [4.78, 5) is 3.92. The molecule has 0 aliphatic rings. The number of hydrogen-bond donors (Lipinski definition) is 2. The lowest BCUT2D eigenvalue weighted by molar-refractivity contribution is 0.432. The Morgan fingerprint density at radius 1 is 1.07 bits per heavy atom. The van der Waals surface area contributed by atoms with Gasteiger partial charge in [-0.2, -0.15) is 0 Å². The van der Waals surface area contributed by atoms with Crippen LogP contribution in [0.25, 0.3) is 11.3 Å². The quantitative estimate of drug-likeness (QED) is 0.751. The highest BCUT2D eigenvalue weighted by molar-refractivity contribution is 5.66. The lowest BCUT2D eigenvalue weighted by Gasteiger charge is -2.03. The molecule has 1 aromatic carbocycles. The second-order valence-electron chi connectivity index (χ2n) is 3.04. The van der Waals surface area contributed by atoms with Crippen LogP contribution >= 0.6 is 0 Å². The molecule has 0 aliphatic carbocycles. The normalized spacial score (nSPS) is 10.2. The van der Waals surface area contributed by atoms with E-state index in [0.29, 0.717) is 5.56 Å². The summed E-state index contributed by atoms with van der Waals surface area (Å²) >= 11 is 0. The van der Waals surface area contributed by atoms with Gasteiger partial charge in [-0.1, -0.05) is 0 Å². The zero-order valence-electron chi connectivity index (χ0n) is 7.68. The van der Waals surface area contributed by atoms with Crippen LogP contribution in [0.3, 0.4) is 0 Å². The lowest BCUT2D eigenvalue weighted by atomic mass is 10.1. The lowest BCUT2D eigenvalue weighted by Crippen LogP contribution is -1.85. The molecule has 0 saturated carbocycles. The van der Waals surface area contributed by atoms with Crippen molar-refractivity contribution in [2.75, 3.05) is 0 Å². The van der Waals surface area contributed by atoms with Gasteiger partial charge in [-0.15, -0.1) is 0 Å². The van der Waals surface area contributed by atoms with E-state index in [-0.39, 0.29) is 11.4 Å². The maximum Gasteiger partial charge on any atom is 0.165 e. The van der Waals surface area contributed by atoms with Gasteiger partial charge in [0.25, 0.3) is 0 Å². The van der Waals surface area contributed by atoms with E-state index in [1.165, 1.54) is 24.4 Å². The summed E-state index contributed by atoms with van der Waals surface area (Å²) in [5.74, 6) is -1.19. The molecule has 15 heavy (non-hydrogen) atoms. The van der Waals surface area contributed by atoms with Crippen LogP contribution in [0.4, 0.5) is 4.39 Å². The number of phenols is 1. The van der Waals surface area contributed by atoms with Crippen molar-refractivity contribution in [2.45, 2.75) is 0 Å². The molecule has 0 aliphatic heterocycles. The van der Waals surface area contributed by atoms with Gasteiger partial charge in [0.15, 0.2) is 11.6 Å². The fourth-order valence-electron chi connectivity index (χ4n) is 1.27. The molecule has 0 radical (unpaired) electrons. The SMILES string of the molecule is Oc1ccc(-c2ncccc2O)cc1F. The maximum atomic E-state index is 13.0. The van der Waals surface area contributed by atoms with Crippen molar-refractivity contribution in [3.63, 3.8) is 0 Å². The molecule has 0 atom stereocenters. The molecule has 0 bridgehead atoms. The third-order valence-corrected chi connectivity index (χ3v) is 2.01. The summed E-state index contributed by atoms with van der Waals surface area (Å²) in [6, 6.07) is 6.87. The Hall–Kier alpha value is -2.10. The fourth-order valence-corrected chi connectivity index (χ4v) is 1.27. The van der Waals surface area contributed by atoms with Gasteiger partial charge < -0.3 is 10.2 Å². The smallest absolute Gasteiger partial charge is 0.165 e. The van der Waals surface area contributed by atoms with Crippen LogP contribution < -0.4 is 0 Å². The predicted octanol–water partition coefficient (Wildman–Crippen LogP) is 2.30. The van der Waals surface area contributed by atoms with E-state index in [1.807, 2.05) is 0 Å².